The first-order valence-electron chi connectivity index (χ1n) is 11.6. The average Bonchev–Trinajstić information content (AvgIpc) is 3.21. The van der Waals surface area contributed by atoms with E-state index in [-0.39, 0.29) is 18.8 Å². The van der Waals surface area contributed by atoms with Crippen LogP contribution in [0.15, 0.2) is 113 Å². The Morgan fingerprint density at radius 1 is 0.688 bits per heavy atom. The van der Waals surface area contributed by atoms with E-state index < -0.39 is 0 Å². The highest BCUT2D eigenvalue weighted by molar-refractivity contribution is 7.97. The summed E-state index contributed by atoms with van der Waals surface area (Å²) in [5, 5.41) is 2.19. The zero-order valence-corrected chi connectivity index (χ0v) is 20.9. The first kappa shape index (κ1) is 21.7. The molecule has 0 N–H and O–H groups in total. The Balaban J connectivity index is 1.56. The van der Waals surface area contributed by atoms with Gasteiger partial charge in [0.15, 0.2) is 9.79 Å². The van der Waals surface area contributed by atoms with Crippen molar-refractivity contribution in [3.8, 4) is 0 Å². The third-order valence-corrected chi connectivity index (χ3v) is 12.4. The molecule has 2 heteroatoms. The predicted molar refractivity (Wildman–Crippen MR) is 143 cm³/mol. The second-order valence-electron chi connectivity index (χ2n) is 9.18. The summed E-state index contributed by atoms with van der Waals surface area (Å²) in [6.45, 7) is 6.89. The first-order valence-corrected chi connectivity index (χ1v) is 14.8. The maximum Gasteiger partial charge on any atom is 0.161 e. The summed E-state index contributed by atoms with van der Waals surface area (Å²) in [4.78, 5) is 2.99. The number of hydrogen-bond donors (Lipinski definition) is 0. The van der Waals surface area contributed by atoms with E-state index in [4.69, 9.17) is 0 Å². The molecule has 3 aromatic rings. The quantitative estimate of drug-likeness (QED) is 0.280. The van der Waals surface area contributed by atoms with Crippen molar-refractivity contribution in [2.45, 2.75) is 41.0 Å². The number of benzene rings is 3. The van der Waals surface area contributed by atoms with Gasteiger partial charge in [0.25, 0.3) is 0 Å². The minimum Gasteiger partial charge on any atom is -0.0800 e. The maximum absolute atomic E-state index is 2.52. The Kier molecular flexibility index (Phi) is 6.40. The molecule has 0 amide bonds. The van der Waals surface area contributed by atoms with Gasteiger partial charge in [0.2, 0.25) is 0 Å². The van der Waals surface area contributed by atoms with Gasteiger partial charge in [-0.05, 0) is 61.7 Å². The molecule has 1 fully saturated rings. The normalized spacial score (nSPS) is 25.1. The van der Waals surface area contributed by atoms with Crippen LogP contribution in [0.5, 0.6) is 0 Å². The van der Waals surface area contributed by atoms with Crippen LogP contribution in [0.4, 0.5) is 0 Å². The molecule has 0 aliphatic heterocycles. The minimum absolute atomic E-state index is 0.0701. The molecule has 5 unspecified atom stereocenters. The van der Waals surface area contributed by atoms with Gasteiger partial charge in [0.05, 0.1) is 10.9 Å². The molecule has 3 aromatic carbocycles. The smallest absolute Gasteiger partial charge is 0.0800 e. The van der Waals surface area contributed by atoms with Crippen molar-refractivity contribution in [2.24, 2.45) is 11.8 Å². The monoisotopic (exact) mass is 455 g/mol. The van der Waals surface area contributed by atoms with E-state index in [1.54, 1.807) is 5.30 Å². The molecule has 5 rings (SSSR count). The Labute approximate surface area is 197 Å². The molecule has 0 saturated heterocycles. The summed E-state index contributed by atoms with van der Waals surface area (Å²) in [5.74, 6) is 1.26. The zero-order valence-electron chi connectivity index (χ0n) is 19.2. The van der Waals surface area contributed by atoms with Gasteiger partial charge in [0, 0.05) is 12.3 Å². The van der Waals surface area contributed by atoms with Crippen molar-refractivity contribution in [1.29, 1.82) is 0 Å². The summed E-state index contributed by atoms with van der Waals surface area (Å²) in [6, 6.07) is 29.9. The van der Waals surface area contributed by atoms with Gasteiger partial charge in [-0.25, -0.2) is 0 Å². The molecular formula is C30H32PS+. The molecule has 5 atom stereocenters. The molecule has 32 heavy (non-hydrogen) atoms. The molecule has 0 aromatic heterocycles. The summed E-state index contributed by atoms with van der Waals surface area (Å²) >= 11 is 0. The van der Waals surface area contributed by atoms with Gasteiger partial charge < -0.3 is 0 Å². The second kappa shape index (κ2) is 9.42. The average molecular weight is 456 g/mol. The van der Waals surface area contributed by atoms with E-state index in [2.05, 4.69) is 124 Å². The van der Waals surface area contributed by atoms with Crippen LogP contribution in [-0.4, -0.2) is 17.6 Å². The van der Waals surface area contributed by atoms with E-state index in [0.29, 0.717) is 17.1 Å². The van der Waals surface area contributed by atoms with Gasteiger partial charge in [-0.15, -0.1) is 0 Å². The van der Waals surface area contributed by atoms with Crippen molar-refractivity contribution in [3.63, 3.8) is 0 Å². The first-order chi connectivity index (χ1) is 15.6. The summed E-state index contributed by atoms with van der Waals surface area (Å²) in [7, 11) is -0.130. The number of allylic oxidation sites excluding steroid dienone is 4. The highest BCUT2D eigenvalue weighted by Gasteiger charge is 2.52. The van der Waals surface area contributed by atoms with Gasteiger partial charge >= 0.3 is 0 Å². The van der Waals surface area contributed by atoms with Crippen LogP contribution in [0.25, 0.3) is 0 Å². The molecular weight excluding hydrogens is 423 g/mol. The zero-order chi connectivity index (χ0) is 22.1. The number of fused-ring (bicyclic) bond motifs is 1. The Morgan fingerprint density at radius 3 is 1.78 bits per heavy atom. The van der Waals surface area contributed by atoms with Gasteiger partial charge in [-0.3, -0.25) is 0 Å². The fraction of sp³-hybridized carbons (Fsp3) is 0.267. The largest absolute Gasteiger partial charge is 0.161 e. The van der Waals surface area contributed by atoms with Crippen molar-refractivity contribution in [2.75, 3.05) is 6.66 Å². The fourth-order valence-corrected chi connectivity index (χ4v) is 10.7. The van der Waals surface area contributed by atoms with E-state index >= 15 is 0 Å². The molecule has 0 nitrogen and oxygen atoms in total. The van der Waals surface area contributed by atoms with Crippen LogP contribution in [0.2, 0.25) is 0 Å². The lowest BCUT2D eigenvalue weighted by Gasteiger charge is -2.27. The lowest BCUT2D eigenvalue weighted by Crippen LogP contribution is -2.28. The maximum atomic E-state index is 2.52. The van der Waals surface area contributed by atoms with Crippen LogP contribution in [0.1, 0.15) is 17.5 Å². The molecule has 0 radical (unpaired) electrons. The lowest BCUT2D eigenvalue weighted by atomic mass is 9.91. The molecule has 162 valence electrons. The van der Waals surface area contributed by atoms with E-state index in [1.807, 2.05) is 0 Å². The SMILES string of the molecule is Cc1ccc([S+](c2ccc(C)cc2)C2CC(P(C)c3ccccc3)C3C=CC=CC32)cc1. The van der Waals surface area contributed by atoms with Crippen LogP contribution < -0.4 is 5.30 Å². The Bertz CT molecular complexity index is 1050. The molecule has 0 bridgehead atoms. The van der Waals surface area contributed by atoms with Gasteiger partial charge in [0.1, 0.15) is 5.25 Å². The molecule has 0 heterocycles. The standard InChI is InChI=1S/C30H32PS/c1-22-13-17-25(18-14-22)32(26-19-15-23(2)16-20-26)30-21-29(27-11-7-8-12-28(27)30)31(3)24-9-5-4-6-10-24/h4-20,27-30H,21H2,1-3H3/q+1. The topological polar surface area (TPSA) is 0 Å². The van der Waals surface area contributed by atoms with Crippen LogP contribution in [-0.2, 0) is 10.9 Å². The molecule has 0 spiro atoms. The van der Waals surface area contributed by atoms with Crippen molar-refractivity contribution < 1.29 is 0 Å². The summed E-state index contributed by atoms with van der Waals surface area (Å²) in [5.41, 5.74) is 3.41. The highest BCUT2D eigenvalue weighted by atomic mass is 32.2. The van der Waals surface area contributed by atoms with E-state index in [1.165, 1.54) is 27.3 Å². The highest BCUT2D eigenvalue weighted by Crippen LogP contribution is 2.55. The summed E-state index contributed by atoms with van der Waals surface area (Å²) in [6.07, 6.45) is 10.9. The van der Waals surface area contributed by atoms with Crippen LogP contribution in [0.3, 0.4) is 0 Å². The number of hydrogen-bond acceptors (Lipinski definition) is 0. The Morgan fingerprint density at radius 2 is 1.22 bits per heavy atom. The molecule has 2 aliphatic carbocycles. The van der Waals surface area contributed by atoms with E-state index in [9.17, 15) is 0 Å². The third-order valence-electron chi connectivity index (χ3n) is 7.08. The Hall–Kier alpha value is -2.08. The van der Waals surface area contributed by atoms with Gasteiger partial charge in [-0.1, -0.05) is 97.9 Å². The lowest BCUT2D eigenvalue weighted by molar-refractivity contribution is 0.561. The third kappa shape index (κ3) is 4.26. The van der Waals surface area contributed by atoms with Crippen molar-refractivity contribution in [1.82, 2.24) is 0 Å². The van der Waals surface area contributed by atoms with Crippen LogP contribution >= 0.6 is 7.92 Å². The number of aryl methyl sites for hydroxylation is 2. The van der Waals surface area contributed by atoms with E-state index in [0.717, 1.165) is 5.66 Å². The molecule has 2 aliphatic rings. The van der Waals surface area contributed by atoms with Crippen molar-refractivity contribution >= 4 is 24.1 Å². The van der Waals surface area contributed by atoms with Crippen LogP contribution in [0, 0.1) is 25.7 Å². The van der Waals surface area contributed by atoms with Crippen molar-refractivity contribution in [3.05, 3.63) is 114 Å². The minimum atomic E-state index is -0.201. The fourth-order valence-electron chi connectivity index (χ4n) is 5.33. The number of rotatable bonds is 5. The summed E-state index contributed by atoms with van der Waals surface area (Å²) < 4.78 is 0. The molecule has 1 saturated carbocycles. The van der Waals surface area contributed by atoms with Gasteiger partial charge in [-0.2, -0.15) is 0 Å². The predicted octanol–water partition coefficient (Wildman–Crippen LogP) is 7.28. The second-order valence-corrected chi connectivity index (χ2v) is 13.8.